The number of aromatic nitrogens is 1. The molecule has 0 bridgehead atoms. The first-order valence-corrected chi connectivity index (χ1v) is 5.04. The van der Waals surface area contributed by atoms with E-state index in [-0.39, 0.29) is 5.56 Å². The number of alkyl halides is 2. The molecule has 82 valence electrons. The Bertz CT molecular complexity index is 432. The summed E-state index contributed by atoms with van der Waals surface area (Å²) < 4.78 is 25.1. The highest BCUT2D eigenvalue weighted by Crippen LogP contribution is 2.28. The van der Waals surface area contributed by atoms with Gasteiger partial charge in [0.25, 0.3) is 6.43 Å². The molecule has 0 aliphatic heterocycles. The minimum absolute atomic E-state index is 0.108. The average Bonchev–Trinajstić information content (AvgIpc) is 2.67. The lowest BCUT2D eigenvalue weighted by Gasteiger charge is -2.03. The Morgan fingerprint density at radius 3 is 2.47 bits per heavy atom. The van der Waals surface area contributed by atoms with E-state index >= 15 is 0 Å². The number of aryl methyl sites for hydroxylation is 1. The Balaban J connectivity index is 0.000000531. The van der Waals surface area contributed by atoms with Crippen LogP contribution in [0.15, 0.2) is 24.4 Å². The monoisotopic (exact) mass is 211 g/mol. The van der Waals surface area contributed by atoms with Crippen molar-refractivity contribution < 1.29 is 8.78 Å². The largest absolute Gasteiger partial charge is 0.361 e. The highest BCUT2D eigenvalue weighted by Gasteiger charge is 2.12. The lowest BCUT2D eigenvalue weighted by molar-refractivity contribution is 0.153. The Kier molecular flexibility index (Phi) is 3.83. The predicted molar refractivity (Wildman–Crippen MR) is 59.3 cm³/mol. The van der Waals surface area contributed by atoms with E-state index in [1.807, 2.05) is 26.8 Å². The molecule has 0 aliphatic rings. The second kappa shape index (κ2) is 4.91. The normalized spacial score (nSPS) is 10.3. The molecule has 2 rings (SSSR count). The van der Waals surface area contributed by atoms with Gasteiger partial charge in [-0.25, -0.2) is 8.78 Å². The maximum absolute atomic E-state index is 12.5. The number of hydrogen-bond acceptors (Lipinski definition) is 0. The molecule has 0 saturated heterocycles. The third-order valence-electron chi connectivity index (χ3n) is 2.08. The molecule has 0 radical (unpaired) electrons. The molecule has 1 heterocycles. The van der Waals surface area contributed by atoms with E-state index in [1.165, 1.54) is 6.07 Å². The number of benzene rings is 1. The predicted octanol–water partition coefficient (Wildman–Crippen LogP) is 4.44. The highest BCUT2D eigenvalue weighted by atomic mass is 19.3. The number of hydrogen-bond donors (Lipinski definition) is 1. The number of halogens is 2. The molecule has 1 N–H and O–H groups in total. The minimum Gasteiger partial charge on any atom is -0.361 e. The Morgan fingerprint density at radius 2 is 1.87 bits per heavy atom. The summed E-state index contributed by atoms with van der Waals surface area (Å²) in [6.45, 7) is 5.81. The molecule has 0 unspecified atom stereocenters. The van der Waals surface area contributed by atoms with Gasteiger partial charge >= 0.3 is 0 Å². The number of fused-ring (bicyclic) bond motifs is 1. The van der Waals surface area contributed by atoms with Crippen molar-refractivity contribution in [3.8, 4) is 0 Å². The first kappa shape index (κ1) is 11.7. The van der Waals surface area contributed by atoms with E-state index in [0.29, 0.717) is 5.39 Å². The Labute approximate surface area is 88.1 Å². The van der Waals surface area contributed by atoms with Gasteiger partial charge in [0.1, 0.15) is 0 Å². The average molecular weight is 211 g/mol. The van der Waals surface area contributed by atoms with E-state index < -0.39 is 6.43 Å². The third-order valence-corrected chi connectivity index (χ3v) is 2.08. The summed E-state index contributed by atoms with van der Waals surface area (Å²) in [5.41, 5.74) is 1.73. The zero-order valence-corrected chi connectivity index (χ0v) is 9.14. The molecule has 0 saturated carbocycles. The van der Waals surface area contributed by atoms with Crippen LogP contribution in [0, 0.1) is 6.92 Å². The highest BCUT2D eigenvalue weighted by molar-refractivity contribution is 5.83. The fraction of sp³-hybridized carbons (Fsp3) is 0.333. The van der Waals surface area contributed by atoms with Gasteiger partial charge in [-0.05, 0) is 30.7 Å². The molecule has 1 aromatic heterocycles. The molecule has 0 atom stereocenters. The van der Waals surface area contributed by atoms with E-state index in [0.717, 1.165) is 11.1 Å². The molecular formula is C12H15F2N. The standard InChI is InChI=1S/C10H9F2N.C2H6/c1-6-4-8(10(11)12)7-2-3-13-9(7)5-6;1-2/h2-5,10,13H,1H3;1-2H3. The van der Waals surface area contributed by atoms with Gasteiger partial charge in [0.15, 0.2) is 0 Å². The van der Waals surface area contributed by atoms with Crippen LogP contribution in [0.3, 0.4) is 0 Å². The lowest BCUT2D eigenvalue weighted by Crippen LogP contribution is -1.86. The smallest absolute Gasteiger partial charge is 0.264 e. The molecule has 0 aliphatic carbocycles. The number of rotatable bonds is 1. The number of H-pyrrole nitrogens is 1. The molecule has 0 spiro atoms. The first-order valence-electron chi connectivity index (χ1n) is 5.04. The van der Waals surface area contributed by atoms with Gasteiger partial charge in [-0.2, -0.15) is 0 Å². The van der Waals surface area contributed by atoms with E-state index in [1.54, 1.807) is 12.3 Å². The summed E-state index contributed by atoms with van der Waals surface area (Å²) in [6, 6.07) is 5.07. The quantitative estimate of drug-likeness (QED) is 0.717. The third kappa shape index (κ3) is 2.35. The second-order valence-corrected chi connectivity index (χ2v) is 3.09. The van der Waals surface area contributed by atoms with Gasteiger partial charge in [0.05, 0.1) is 0 Å². The molecule has 2 aromatic rings. The fourth-order valence-corrected chi connectivity index (χ4v) is 1.53. The van der Waals surface area contributed by atoms with Crippen LogP contribution in [0.25, 0.3) is 10.9 Å². The molecule has 1 aromatic carbocycles. The van der Waals surface area contributed by atoms with E-state index in [9.17, 15) is 8.78 Å². The van der Waals surface area contributed by atoms with E-state index in [2.05, 4.69) is 4.98 Å². The van der Waals surface area contributed by atoms with Crippen molar-refractivity contribution in [2.24, 2.45) is 0 Å². The molecule has 0 fully saturated rings. The van der Waals surface area contributed by atoms with Crippen molar-refractivity contribution in [2.75, 3.05) is 0 Å². The van der Waals surface area contributed by atoms with Crippen LogP contribution in [0.5, 0.6) is 0 Å². The van der Waals surface area contributed by atoms with Crippen LogP contribution in [0.1, 0.15) is 31.4 Å². The summed E-state index contributed by atoms with van der Waals surface area (Å²) in [6.07, 6.45) is -0.728. The zero-order chi connectivity index (χ0) is 11.4. The van der Waals surface area contributed by atoms with Crippen LogP contribution in [-0.4, -0.2) is 4.98 Å². The first-order chi connectivity index (χ1) is 7.18. The van der Waals surface area contributed by atoms with Gasteiger partial charge in [-0.15, -0.1) is 0 Å². The Morgan fingerprint density at radius 1 is 1.20 bits per heavy atom. The van der Waals surface area contributed by atoms with Crippen LogP contribution < -0.4 is 0 Å². The van der Waals surface area contributed by atoms with Crippen LogP contribution >= 0.6 is 0 Å². The molecule has 15 heavy (non-hydrogen) atoms. The van der Waals surface area contributed by atoms with Crippen LogP contribution in [0.2, 0.25) is 0 Å². The maximum Gasteiger partial charge on any atom is 0.264 e. The topological polar surface area (TPSA) is 15.8 Å². The van der Waals surface area contributed by atoms with Gasteiger partial charge in [-0.1, -0.05) is 13.8 Å². The summed E-state index contributed by atoms with van der Waals surface area (Å²) in [7, 11) is 0. The van der Waals surface area contributed by atoms with Crippen molar-refractivity contribution >= 4 is 10.9 Å². The van der Waals surface area contributed by atoms with Crippen molar-refractivity contribution in [1.82, 2.24) is 4.98 Å². The summed E-state index contributed by atoms with van der Waals surface area (Å²) in [4.78, 5) is 2.92. The van der Waals surface area contributed by atoms with E-state index in [4.69, 9.17) is 0 Å². The maximum atomic E-state index is 12.5. The van der Waals surface area contributed by atoms with Crippen molar-refractivity contribution in [3.05, 3.63) is 35.5 Å². The molecule has 0 amide bonds. The van der Waals surface area contributed by atoms with Crippen LogP contribution in [0.4, 0.5) is 8.78 Å². The van der Waals surface area contributed by atoms with Gasteiger partial charge in [-0.3, -0.25) is 0 Å². The molecule has 1 nitrogen and oxygen atoms in total. The van der Waals surface area contributed by atoms with Crippen LogP contribution in [-0.2, 0) is 0 Å². The van der Waals surface area contributed by atoms with Gasteiger partial charge in [0, 0.05) is 22.7 Å². The number of nitrogens with one attached hydrogen (secondary N) is 1. The van der Waals surface area contributed by atoms with Gasteiger partial charge in [0.2, 0.25) is 0 Å². The van der Waals surface area contributed by atoms with Crippen molar-refractivity contribution in [1.29, 1.82) is 0 Å². The Hall–Kier alpha value is -1.38. The summed E-state index contributed by atoms with van der Waals surface area (Å²) >= 11 is 0. The summed E-state index contributed by atoms with van der Waals surface area (Å²) in [5, 5.41) is 0.612. The minimum atomic E-state index is -2.40. The second-order valence-electron chi connectivity index (χ2n) is 3.09. The zero-order valence-electron chi connectivity index (χ0n) is 9.14. The number of aromatic amines is 1. The lowest BCUT2D eigenvalue weighted by atomic mass is 10.1. The van der Waals surface area contributed by atoms with Gasteiger partial charge < -0.3 is 4.98 Å². The SMILES string of the molecule is CC.Cc1cc(C(F)F)c2cc[nH]c2c1. The molecule has 3 heteroatoms. The molecular weight excluding hydrogens is 196 g/mol. The fourth-order valence-electron chi connectivity index (χ4n) is 1.53. The van der Waals surface area contributed by atoms with Crippen molar-refractivity contribution in [3.63, 3.8) is 0 Å². The van der Waals surface area contributed by atoms with Crippen molar-refractivity contribution in [2.45, 2.75) is 27.2 Å². The summed E-state index contributed by atoms with van der Waals surface area (Å²) in [5.74, 6) is 0.